The lowest BCUT2D eigenvalue weighted by Crippen LogP contribution is -2.11. The van der Waals surface area contributed by atoms with Crippen molar-refractivity contribution in [2.75, 3.05) is 13.2 Å². The Labute approximate surface area is 120 Å². The zero-order valence-electron chi connectivity index (χ0n) is 12.7. The minimum absolute atomic E-state index is 0.628. The Morgan fingerprint density at radius 3 is 2.80 bits per heavy atom. The van der Waals surface area contributed by atoms with E-state index in [1.807, 2.05) is 19.1 Å². The first-order valence-electron chi connectivity index (χ1n) is 7.47. The lowest BCUT2D eigenvalue weighted by molar-refractivity contribution is 0.340. The predicted octanol–water partition coefficient (Wildman–Crippen LogP) is 2.98. The van der Waals surface area contributed by atoms with Gasteiger partial charge < -0.3 is 15.0 Å². The van der Waals surface area contributed by atoms with Gasteiger partial charge in [-0.2, -0.15) is 0 Å². The molecule has 20 heavy (non-hydrogen) atoms. The lowest BCUT2D eigenvalue weighted by Gasteiger charge is -2.10. The van der Waals surface area contributed by atoms with E-state index < -0.39 is 0 Å². The summed E-state index contributed by atoms with van der Waals surface area (Å²) in [6.45, 7) is 8.78. The fourth-order valence-corrected chi connectivity index (χ4v) is 2.37. The van der Waals surface area contributed by atoms with E-state index >= 15 is 0 Å². The zero-order chi connectivity index (χ0) is 14.5. The van der Waals surface area contributed by atoms with Crippen LogP contribution in [0.3, 0.4) is 0 Å². The van der Waals surface area contributed by atoms with E-state index in [-0.39, 0.29) is 0 Å². The molecule has 4 heteroatoms. The second-order valence-corrected chi connectivity index (χ2v) is 5.48. The molecule has 0 aliphatic carbocycles. The number of imidazole rings is 1. The van der Waals surface area contributed by atoms with Crippen LogP contribution in [-0.4, -0.2) is 22.7 Å². The Kier molecular flexibility index (Phi) is 5.01. The number of hydrogen-bond donors (Lipinski definition) is 1. The molecule has 4 nitrogen and oxygen atoms in total. The van der Waals surface area contributed by atoms with Gasteiger partial charge in [0.05, 0.1) is 17.6 Å². The SMILES string of the molecule is CCOc1ccc2c(c1)nc(CCN)n2CCC(C)C. The van der Waals surface area contributed by atoms with Crippen molar-refractivity contribution >= 4 is 11.0 Å². The van der Waals surface area contributed by atoms with Gasteiger partial charge in [-0.1, -0.05) is 13.8 Å². The molecule has 0 spiro atoms. The van der Waals surface area contributed by atoms with Crippen LogP contribution in [-0.2, 0) is 13.0 Å². The number of nitrogens with two attached hydrogens (primary N) is 1. The second-order valence-electron chi connectivity index (χ2n) is 5.48. The molecule has 0 aliphatic rings. The van der Waals surface area contributed by atoms with E-state index in [9.17, 15) is 0 Å². The van der Waals surface area contributed by atoms with Gasteiger partial charge in [-0.05, 0) is 37.9 Å². The molecule has 1 aromatic heterocycles. The highest BCUT2D eigenvalue weighted by Gasteiger charge is 2.11. The van der Waals surface area contributed by atoms with Gasteiger partial charge in [0, 0.05) is 19.0 Å². The van der Waals surface area contributed by atoms with Crippen molar-refractivity contribution in [3.63, 3.8) is 0 Å². The number of aromatic nitrogens is 2. The normalized spacial score (nSPS) is 11.4. The summed E-state index contributed by atoms with van der Waals surface area (Å²) in [5.41, 5.74) is 7.89. The Morgan fingerprint density at radius 1 is 1.35 bits per heavy atom. The van der Waals surface area contributed by atoms with Crippen LogP contribution >= 0.6 is 0 Å². The Morgan fingerprint density at radius 2 is 2.15 bits per heavy atom. The van der Waals surface area contributed by atoms with Crippen LogP contribution in [0.15, 0.2) is 18.2 Å². The molecule has 0 saturated carbocycles. The number of fused-ring (bicyclic) bond motifs is 1. The minimum Gasteiger partial charge on any atom is -0.494 e. The van der Waals surface area contributed by atoms with Crippen molar-refractivity contribution in [2.24, 2.45) is 11.7 Å². The van der Waals surface area contributed by atoms with Gasteiger partial charge in [-0.15, -0.1) is 0 Å². The highest BCUT2D eigenvalue weighted by molar-refractivity contribution is 5.77. The molecule has 0 unspecified atom stereocenters. The maximum Gasteiger partial charge on any atom is 0.121 e. The van der Waals surface area contributed by atoms with Crippen molar-refractivity contribution < 1.29 is 4.74 Å². The molecule has 0 radical (unpaired) electrons. The molecule has 0 atom stereocenters. The van der Waals surface area contributed by atoms with Crippen LogP contribution in [0.4, 0.5) is 0 Å². The Hall–Kier alpha value is -1.55. The van der Waals surface area contributed by atoms with Crippen molar-refractivity contribution in [1.82, 2.24) is 9.55 Å². The molecule has 0 fully saturated rings. The molecule has 0 bridgehead atoms. The maximum atomic E-state index is 5.71. The highest BCUT2D eigenvalue weighted by atomic mass is 16.5. The summed E-state index contributed by atoms with van der Waals surface area (Å²) in [5, 5.41) is 0. The van der Waals surface area contributed by atoms with Crippen LogP contribution in [0, 0.1) is 5.92 Å². The van der Waals surface area contributed by atoms with Crippen molar-refractivity contribution in [2.45, 2.75) is 40.2 Å². The van der Waals surface area contributed by atoms with Crippen LogP contribution in [0.25, 0.3) is 11.0 Å². The number of nitrogens with zero attached hydrogens (tertiary/aromatic N) is 2. The van der Waals surface area contributed by atoms with Gasteiger partial charge in [0.1, 0.15) is 11.6 Å². The number of aryl methyl sites for hydroxylation is 1. The molecule has 1 heterocycles. The number of hydrogen-bond acceptors (Lipinski definition) is 3. The third-order valence-electron chi connectivity index (χ3n) is 3.41. The van der Waals surface area contributed by atoms with E-state index in [0.29, 0.717) is 19.1 Å². The fraction of sp³-hybridized carbons (Fsp3) is 0.562. The molecule has 2 aromatic rings. The number of rotatable bonds is 7. The molecular weight excluding hydrogens is 250 g/mol. The summed E-state index contributed by atoms with van der Waals surface area (Å²) >= 11 is 0. The molecule has 0 aliphatic heterocycles. The van der Waals surface area contributed by atoms with Gasteiger partial charge in [0.15, 0.2) is 0 Å². The van der Waals surface area contributed by atoms with Crippen LogP contribution in [0.1, 0.15) is 33.0 Å². The zero-order valence-corrected chi connectivity index (χ0v) is 12.7. The van der Waals surface area contributed by atoms with E-state index in [4.69, 9.17) is 15.5 Å². The number of benzene rings is 1. The van der Waals surface area contributed by atoms with Crippen molar-refractivity contribution in [3.8, 4) is 5.75 Å². The summed E-state index contributed by atoms with van der Waals surface area (Å²) in [6, 6.07) is 6.14. The molecule has 2 rings (SSSR count). The molecule has 1 aromatic carbocycles. The van der Waals surface area contributed by atoms with E-state index in [1.165, 1.54) is 5.52 Å². The molecule has 2 N–H and O–H groups in total. The van der Waals surface area contributed by atoms with Gasteiger partial charge in [0.2, 0.25) is 0 Å². The minimum atomic E-state index is 0.628. The molecule has 110 valence electrons. The van der Waals surface area contributed by atoms with E-state index in [2.05, 4.69) is 24.5 Å². The standard InChI is InChI=1S/C16H25N3O/c1-4-20-13-5-6-15-14(11-13)18-16(7-9-17)19(15)10-8-12(2)3/h5-6,11-12H,4,7-10,17H2,1-3H3. The summed E-state index contributed by atoms with van der Waals surface area (Å²) in [6.07, 6.45) is 1.97. The lowest BCUT2D eigenvalue weighted by atomic mass is 10.1. The summed E-state index contributed by atoms with van der Waals surface area (Å²) in [5.74, 6) is 2.64. The summed E-state index contributed by atoms with van der Waals surface area (Å²) in [7, 11) is 0. The first kappa shape index (κ1) is 14.9. The van der Waals surface area contributed by atoms with Crippen LogP contribution in [0.5, 0.6) is 5.75 Å². The quantitative estimate of drug-likeness (QED) is 0.845. The third kappa shape index (κ3) is 3.31. The van der Waals surface area contributed by atoms with Crippen molar-refractivity contribution in [3.05, 3.63) is 24.0 Å². The maximum absolute atomic E-state index is 5.71. The molecule has 0 amide bonds. The monoisotopic (exact) mass is 275 g/mol. The smallest absolute Gasteiger partial charge is 0.121 e. The van der Waals surface area contributed by atoms with Gasteiger partial charge in [-0.25, -0.2) is 4.98 Å². The van der Waals surface area contributed by atoms with Crippen LogP contribution in [0.2, 0.25) is 0 Å². The summed E-state index contributed by atoms with van der Waals surface area (Å²) < 4.78 is 7.85. The average Bonchev–Trinajstić information content (AvgIpc) is 2.74. The predicted molar refractivity (Wildman–Crippen MR) is 83.1 cm³/mol. The summed E-state index contributed by atoms with van der Waals surface area (Å²) in [4.78, 5) is 4.73. The first-order valence-corrected chi connectivity index (χ1v) is 7.47. The number of ether oxygens (including phenoxy) is 1. The Balaban J connectivity index is 2.37. The molecular formula is C16H25N3O. The van der Waals surface area contributed by atoms with Gasteiger partial charge in [-0.3, -0.25) is 0 Å². The molecule has 0 saturated heterocycles. The van der Waals surface area contributed by atoms with E-state index in [1.54, 1.807) is 0 Å². The van der Waals surface area contributed by atoms with Gasteiger partial charge in [0.25, 0.3) is 0 Å². The largest absolute Gasteiger partial charge is 0.494 e. The average molecular weight is 275 g/mol. The fourth-order valence-electron chi connectivity index (χ4n) is 2.37. The topological polar surface area (TPSA) is 53.1 Å². The van der Waals surface area contributed by atoms with Crippen LogP contribution < -0.4 is 10.5 Å². The first-order chi connectivity index (χ1) is 9.65. The van der Waals surface area contributed by atoms with Crippen molar-refractivity contribution in [1.29, 1.82) is 0 Å². The van der Waals surface area contributed by atoms with Gasteiger partial charge >= 0.3 is 0 Å². The second kappa shape index (κ2) is 6.75. The van der Waals surface area contributed by atoms with E-state index in [0.717, 1.165) is 36.5 Å². The highest BCUT2D eigenvalue weighted by Crippen LogP contribution is 2.23. The third-order valence-corrected chi connectivity index (χ3v) is 3.41. The Bertz CT molecular complexity index is 560.